The van der Waals surface area contributed by atoms with E-state index < -0.39 is 23.5 Å². The summed E-state index contributed by atoms with van der Waals surface area (Å²) in [5.74, 6) is -1.07. The topological polar surface area (TPSA) is 78.4 Å². The number of carbonyl (C=O) groups excluding carboxylic acids is 1. The highest BCUT2D eigenvalue weighted by atomic mass is 35.5. The maximum absolute atomic E-state index is 11.9. The standard InChI is InChI=1S/C14H19ClN2O3/c1-8-9(15)6-5-7-10(8)16-13(20)17-11(12(18)19)14(2,3)4/h5-7,11H,1-4H3,(H,18,19)(H2,16,17,20)/t11-/m0/s1. The van der Waals surface area contributed by atoms with E-state index in [0.29, 0.717) is 10.7 Å². The lowest BCUT2D eigenvalue weighted by Gasteiger charge is -2.27. The van der Waals surface area contributed by atoms with Crippen LogP contribution in [-0.2, 0) is 4.79 Å². The van der Waals surface area contributed by atoms with Gasteiger partial charge in [0, 0.05) is 10.7 Å². The summed E-state index contributed by atoms with van der Waals surface area (Å²) in [5, 5.41) is 14.8. The van der Waals surface area contributed by atoms with Gasteiger partial charge in [-0.25, -0.2) is 9.59 Å². The predicted octanol–water partition coefficient (Wildman–Crippen LogP) is 3.27. The van der Waals surface area contributed by atoms with Crippen LogP contribution in [0.15, 0.2) is 18.2 Å². The summed E-state index contributed by atoms with van der Waals surface area (Å²) < 4.78 is 0. The number of carboxylic acid groups (broad SMARTS) is 1. The molecule has 1 atom stereocenters. The van der Waals surface area contributed by atoms with Crippen molar-refractivity contribution in [3.8, 4) is 0 Å². The van der Waals surface area contributed by atoms with Crippen LogP contribution in [0.5, 0.6) is 0 Å². The lowest BCUT2D eigenvalue weighted by atomic mass is 9.87. The third-order valence-corrected chi connectivity index (χ3v) is 3.31. The van der Waals surface area contributed by atoms with E-state index in [1.165, 1.54) is 0 Å². The molecule has 0 heterocycles. The van der Waals surface area contributed by atoms with Gasteiger partial charge < -0.3 is 15.7 Å². The van der Waals surface area contributed by atoms with Crippen molar-refractivity contribution in [1.29, 1.82) is 0 Å². The van der Waals surface area contributed by atoms with Crippen LogP contribution in [0, 0.1) is 12.3 Å². The fraction of sp³-hybridized carbons (Fsp3) is 0.429. The molecule has 0 saturated carbocycles. The van der Waals surface area contributed by atoms with E-state index in [1.807, 2.05) is 0 Å². The quantitative estimate of drug-likeness (QED) is 0.801. The Balaban J connectivity index is 2.82. The average Bonchev–Trinajstić information content (AvgIpc) is 2.30. The summed E-state index contributed by atoms with van der Waals surface area (Å²) in [6, 6.07) is 3.58. The Labute approximate surface area is 123 Å². The largest absolute Gasteiger partial charge is 0.480 e. The lowest BCUT2D eigenvalue weighted by molar-refractivity contribution is -0.141. The van der Waals surface area contributed by atoms with Crippen LogP contribution < -0.4 is 10.6 Å². The van der Waals surface area contributed by atoms with E-state index in [9.17, 15) is 9.59 Å². The van der Waals surface area contributed by atoms with E-state index in [0.717, 1.165) is 5.56 Å². The Morgan fingerprint density at radius 1 is 1.30 bits per heavy atom. The molecule has 20 heavy (non-hydrogen) atoms. The first-order valence-electron chi connectivity index (χ1n) is 6.18. The van der Waals surface area contributed by atoms with Gasteiger partial charge in [-0.2, -0.15) is 0 Å². The molecule has 0 radical (unpaired) electrons. The van der Waals surface area contributed by atoms with E-state index in [4.69, 9.17) is 16.7 Å². The number of halogens is 1. The fourth-order valence-corrected chi connectivity index (χ4v) is 1.86. The van der Waals surface area contributed by atoms with Crippen molar-refractivity contribution in [1.82, 2.24) is 5.32 Å². The third-order valence-electron chi connectivity index (χ3n) is 2.90. The summed E-state index contributed by atoms with van der Waals surface area (Å²) in [6.07, 6.45) is 0. The van der Waals surface area contributed by atoms with Crippen LogP contribution in [0.1, 0.15) is 26.3 Å². The third kappa shape index (κ3) is 4.13. The molecule has 1 aromatic carbocycles. The predicted molar refractivity (Wildman–Crippen MR) is 79.2 cm³/mol. The number of amides is 2. The lowest BCUT2D eigenvalue weighted by Crippen LogP contribution is -2.50. The van der Waals surface area contributed by atoms with Crippen molar-refractivity contribution >= 4 is 29.3 Å². The van der Waals surface area contributed by atoms with Gasteiger partial charge in [0.2, 0.25) is 0 Å². The van der Waals surface area contributed by atoms with E-state index in [-0.39, 0.29) is 0 Å². The molecule has 0 aliphatic carbocycles. The normalized spacial score (nSPS) is 12.7. The van der Waals surface area contributed by atoms with Crippen molar-refractivity contribution in [2.75, 3.05) is 5.32 Å². The zero-order chi connectivity index (χ0) is 15.5. The van der Waals surface area contributed by atoms with Gasteiger partial charge >= 0.3 is 12.0 Å². The number of benzene rings is 1. The Morgan fingerprint density at radius 3 is 2.40 bits per heavy atom. The second-order valence-electron chi connectivity index (χ2n) is 5.65. The van der Waals surface area contributed by atoms with E-state index in [2.05, 4.69) is 10.6 Å². The Morgan fingerprint density at radius 2 is 1.90 bits per heavy atom. The molecule has 0 spiro atoms. The molecule has 0 saturated heterocycles. The molecule has 2 amide bonds. The van der Waals surface area contributed by atoms with Gasteiger partial charge in [0.1, 0.15) is 6.04 Å². The van der Waals surface area contributed by atoms with Gasteiger partial charge in [0.25, 0.3) is 0 Å². The van der Waals surface area contributed by atoms with E-state index >= 15 is 0 Å². The van der Waals surface area contributed by atoms with Crippen LogP contribution in [0.2, 0.25) is 5.02 Å². The van der Waals surface area contributed by atoms with Gasteiger partial charge in [0.05, 0.1) is 0 Å². The smallest absolute Gasteiger partial charge is 0.326 e. The summed E-state index contributed by atoms with van der Waals surface area (Å²) in [4.78, 5) is 23.1. The van der Waals surface area contributed by atoms with Crippen molar-refractivity contribution in [2.24, 2.45) is 5.41 Å². The monoisotopic (exact) mass is 298 g/mol. The second-order valence-corrected chi connectivity index (χ2v) is 6.06. The molecule has 110 valence electrons. The molecule has 5 nitrogen and oxygen atoms in total. The van der Waals surface area contributed by atoms with Gasteiger partial charge in [-0.1, -0.05) is 38.4 Å². The zero-order valence-electron chi connectivity index (χ0n) is 12.0. The molecule has 0 bridgehead atoms. The van der Waals surface area contributed by atoms with Gasteiger partial charge in [-0.3, -0.25) is 0 Å². The number of carboxylic acids is 1. The first-order chi connectivity index (χ1) is 9.12. The number of hydrogen-bond donors (Lipinski definition) is 3. The number of anilines is 1. The Bertz CT molecular complexity index is 524. The molecule has 1 aromatic rings. The maximum atomic E-state index is 11.9. The Kier molecular flexibility index (Phi) is 5.00. The summed E-state index contributed by atoms with van der Waals surface area (Å²) >= 11 is 5.96. The minimum atomic E-state index is -1.07. The van der Waals surface area contributed by atoms with Crippen molar-refractivity contribution in [3.63, 3.8) is 0 Å². The van der Waals surface area contributed by atoms with Crippen LogP contribution in [0.25, 0.3) is 0 Å². The van der Waals surface area contributed by atoms with Gasteiger partial charge in [-0.15, -0.1) is 0 Å². The highest BCUT2D eigenvalue weighted by Gasteiger charge is 2.32. The summed E-state index contributed by atoms with van der Waals surface area (Å²) in [5.41, 5.74) is 0.687. The van der Waals surface area contributed by atoms with Crippen molar-refractivity contribution in [3.05, 3.63) is 28.8 Å². The zero-order valence-corrected chi connectivity index (χ0v) is 12.7. The van der Waals surface area contributed by atoms with Crippen LogP contribution in [0.3, 0.4) is 0 Å². The second kappa shape index (κ2) is 6.13. The number of rotatable bonds is 3. The fourth-order valence-electron chi connectivity index (χ4n) is 1.68. The molecule has 3 N–H and O–H groups in total. The Hall–Kier alpha value is -1.75. The molecule has 0 unspecified atom stereocenters. The van der Waals surface area contributed by atoms with Gasteiger partial charge in [-0.05, 0) is 30.0 Å². The maximum Gasteiger partial charge on any atom is 0.326 e. The van der Waals surface area contributed by atoms with Crippen LogP contribution in [-0.4, -0.2) is 23.1 Å². The van der Waals surface area contributed by atoms with Gasteiger partial charge in [0.15, 0.2) is 0 Å². The summed E-state index contributed by atoms with van der Waals surface area (Å²) in [7, 11) is 0. The average molecular weight is 299 g/mol. The SMILES string of the molecule is Cc1c(Cl)cccc1NC(=O)N[C@@H](C(=O)O)C(C)(C)C. The first kappa shape index (κ1) is 16.3. The van der Waals surface area contributed by atoms with Crippen LogP contribution in [0.4, 0.5) is 10.5 Å². The molecule has 1 rings (SSSR count). The van der Waals surface area contributed by atoms with Crippen molar-refractivity contribution < 1.29 is 14.7 Å². The summed E-state index contributed by atoms with van der Waals surface area (Å²) in [6.45, 7) is 7.01. The number of urea groups is 1. The first-order valence-corrected chi connectivity index (χ1v) is 6.56. The number of hydrogen-bond acceptors (Lipinski definition) is 2. The molecule has 6 heteroatoms. The minimum Gasteiger partial charge on any atom is -0.480 e. The molecule has 0 aromatic heterocycles. The minimum absolute atomic E-state index is 0.536. The molecule has 0 aliphatic heterocycles. The highest BCUT2D eigenvalue weighted by molar-refractivity contribution is 6.31. The molecule has 0 aliphatic rings. The molecular formula is C14H19ClN2O3. The molecular weight excluding hydrogens is 280 g/mol. The van der Waals surface area contributed by atoms with Crippen molar-refractivity contribution in [2.45, 2.75) is 33.7 Å². The molecule has 0 fully saturated rings. The van der Waals surface area contributed by atoms with E-state index in [1.54, 1.807) is 45.9 Å². The number of carbonyl (C=O) groups is 2. The highest BCUT2D eigenvalue weighted by Crippen LogP contribution is 2.23. The number of nitrogens with one attached hydrogen (secondary N) is 2. The van der Waals surface area contributed by atoms with Crippen LogP contribution >= 0.6 is 11.6 Å². The number of aliphatic carboxylic acids is 1.